The summed E-state index contributed by atoms with van der Waals surface area (Å²) in [6.07, 6.45) is 2.62. The summed E-state index contributed by atoms with van der Waals surface area (Å²) >= 11 is 2.44. The predicted octanol–water partition coefficient (Wildman–Crippen LogP) is 3.44. The van der Waals surface area contributed by atoms with E-state index in [1.165, 1.54) is 15.9 Å². The van der Waals surface area contributed by atoms with Crippen molar-refractivity contribution in [3.05, 3.63) is 27.8 Å². The highest BCUT2D eigenvalue weighted by atomic mass is 127. The lowest BCUT2D eigenvalue weighted by atomic mass is 10.4. The van der Waals surface area contributed by atoms with E-state index in [4.69, 9.17) is 0 Å². The van der Waals surface area contributed by atoms with Crippen molar-refractivity contribution in [1.82, 2.24) is 0 Å². The van der Waals surface area contributed by atoms with Crippen LogP contribution in [0, 0.1) is 3.57 Å². The SMILES string of the molecule is CCP(CC)c1ccccc1I. The van der Waals surface area contributed by atoms with Crippen LogP contribution < -0.4 is 5.30 Å². The number of rotatable bonds is 3. The highest BCUT2D eigenvalue weighted by molar-refractivity contribution is 14.1. The maximum Gasteiger partial charge on any atom is 0.0207 e. The monoisotopic (exact) mass is 292 g/mol. The zero-order chi connectivity index (χ0) is 8.97. The van der Waals surface area contributed by atoms with Crippen LogP contribution >= 0.6 is 30.5 Å². The van der Waals surface area contributed by atoms with Gasteiger partial charge in [-0.25, -0.2) is 0 Å². The second-order valence-corrected chi connectivity index (χ2v) is 6.61. The van der Waals surface area contributed by atoms with Crippen molar-refractivity contribution in [2.24, 2.45) is 0 Å². The van der Waals surface area contributed by atoms with Crippen LogP contribution in [0.5, 0.6) is 0 Å². The molecule has 0 N–H and O–H groups in total. The summed E-state index contributed by atoms with van der Waals surface area (Å²) in [6.45, 7) is 4.58. The summed E-state index contributed by atoms with van der Waals surface area (Å²) in [5, 5.41) is 1.58. The second kappa shape index (κ2) is 5.18. The van der Waals surface area contributed by atoms with Crippen LogP contribution in [0.25, 0.3) is 0 Å². The van der Waals surface area contributed by atoms with Crippen LogP contribution in [0.3, 0.4) is 0 Å². The molecule has 1 rings (SSSR count). The maximum atomic E-state index is 2.44. The molecule has 0 nitrogen and oxygen atoms in total. The Morgan fingerprint density at radius 2 is 1.75 bits per heavy atom. The average Bonchev–Trinajstić information content (AvgIpc) is 2.10. The van der Waals surface area contributed by atoms with Gasteiger partial charge in [0.05, 0.1) is 0 Å². The molecule has 0 radical (unpaired) electrons. The molecule has 0 unspecified atom stereocenters. The first-order chi connectivity index (χ1) is 5.79. The van der Waals surface area contributed by atoms with Crippen molar-refractivity contribution in [3.63, 3.8) is 0 Å². The van der Waals surface area contributed by atoms with Crippen LogP contribution in [0.15, 0.2) is 24.3 Å². The fourth-order valence-electron chi connectivity index (χ4n) is 1.27. The standard InChI is InChI=1S/C10H14IP/c1-3-12(4-2)10-8-6-5-7-9(10)11/h5-8H,3-4H2,1-2H3. The van der Waals surface area contributed by atoms with E-state index < -0.39 is 0 Å². The molecule has 1 aromatic rings. The Hall–Kier alpha value is 0.380. The van der Waals surface area contributed by atoms with Crippen molar-refractivity contribution in [2.75, 3.05) is 12.3 Å². The lowest BCUT2D eigenvalue weighted by Crippen LogP contribution is -2.07. The molecule has 0 aliphatic rings. The molecule has 2 heteroatoms. The van der Waals surface area contributed by atoms with E-state index in [1.807, 2.05) is 0 Å². The fourth-order valence-corrected chi connectivity index (χ4v) is 4.49. The average molecular weight is 292 g/mol. The van der Waals surface area contributed by atoms with Crippen molar-refractivity contribution >= 4 is 35.8 Å². The van der Waals surface area contributed by atoms with Gasteiger partial charge >= 0.3 is 0 Å². The van der Waals surface area contributed by atoms with Gasteiger partial charge in [-0.1, -0.05) is 40.0 Å². The Labute approximate surface area is 89.7 Å². The van der Waals surface area contributed by atoms with E-state index in [9.17, 15) is 0 Å². The number of hydrogen-bond donors (Lipinski definition) is 0. The lowest BCUT2D eigenvalue weighted by Gasteiger charge is -2.14. The second-order valence-electron chi connectivity index (χ2n) is 2.62. The Morgan fingerprint density at radius 1 is 1.17 bits per heavy atom. The summed E-state index contributed by atoms with van der Waals surface area (Å²) in [7, 11) is 0.120. The Balaban J connectivity index is 2.92. The molecule has 12 heavy (non-hydrogen) atoms. The maximum absolute atomic E-state index is 2.44. The van der Waals surface area contributed by atoms with Crippen molar-refractivity contribution in [2.45, 2.75) is 13.8 Å². The summed E-state index contributed by atoms with van der Waals surface area (Å²) in [5.74, 6) is 0. The first-order valence-corrected chi connectivity index (χ1v) is 7.08. The molecular weight excluding hydrogens is 278 g/mol. The highest BCUT2D eigenvalue weighted by Gasteiger charge is 2.07. The van der Waals surface area contributed by atoms with Crippen molar-refractivity contribution in [1.29, 1.82) is 0 Å². The van der Waals surface area contributed by atoms with Crippen molar-refractivity contribution in [3.8, 4) is 0 Å². The van der Waals surface area contributed by atoms with E-state index in [1.54, 1.807) is 5.30 Å². The number of benzene rings is 1. The van der Waals surface area contributed by atoms with Crippen molar-refractivity contribution < 1.29 is 0 Å². The molecule has 66 valence electrons. The summed E-state index contributed by atoms with van der Waals surface area (Å²) in [6, 6.07) is 8.75. The normalized spacial score (nSPS) is 10.7. The number of halogens is 1. The molecule has 0 aliphatic carbocycles. The Kier molecular flexibility index (Phi) is 4.52. The minimum atomic E-state index is 0.120. The smallest absolute Gasteiger partial charge is 0.0207 e. The molecule has 1 aromatic carbocycles. The van der Waals surface area contributed by atoms with E-state index >= 15 is 0 Å². The van der Waals surface area contributed by atoms with Gasteiger partial charge in [-0.2, -0.15) is 0 Å². The first-order valence-electron chi connectivity index (χ1n) is 4.29. The molecule has 0 heterocycles. The van der Waals surface area contributed by atoms with Gasteiger partial charge < -0.3 is 0 Å². The van der Waals surface area contributed by atoms with Gasteiger partial charge in [0.25, 0.3) is 0 Å². The molecule has 0 saturated heterocycles. The Bertz CT molecular complexity index is 243. The van der Waals surface area contributed by atoms with Crippen LogP contribution in [-0.2, 0) is 0 Å². The quantitative estimate of drug-likeness (QED) is 0.591. The fraction of sp³-hybridized carbons (Fsp3) is 0.400. The molecule has 0 fully saturated rings. The van der Waals surface area contributed by atoms with Gasteiger partial charge in [0.2, 0.25) is 0 Å². The van der Waals surface area contributed by atoms with Crippen LogP contribution in [0.1, 0.15) is 13.8 Å². The third-order valence-electron chi connectivity index (χ3n) is 1.96. The summed E-state index contributed by atoms with van der Waals surface area (Å²) in [4.78, 5) is 0. The molecule has 0 aliphatic heterocycles. The topological polar surface area (TPSA) is 0 Å². The minimum Gasteiger partial charge on any atom is -0.0747 e. The van der Waals surface area contributed by atoms with Gasteiger partial charge in [-0.3, -0.25) is 0 Å². The lowest BCUT2D eigenvalue weighted by molar-refractivity contribution is 1.42. The van der Waals surface area contributed by atoms with Gasteiger partial charge in [0.15, 0.2) is 0 Å². The van der Waals surface area contributed by atoms with E-state index in [0.29, 0.717) is 0 Å². The summed E-state index contributed by atoms with van der Waals surface area (Å²) < 4.78 is 1.44. The van der Waals surface area contributed by atoms with Gasteiger partial charge in [-0.15, -0.1) is 0 Å². The van der Waals surface area contributed by atoms with Crippen LogP contribution in [0.2, 0.25) is 0 Å². The van der Waals surface area contributed by atoms with Gasteiger partial charge in [-0.05, 0) is 46.3 Å². The van der Waals surface area contributed by atoms with Crippen LogP contribution in [-0.4, -0.2) is 12.3 Å². The highest BCUT2D eigenvalue weighted by Crippen LogP contribution is 2.34. The number of hydrogen-bond acceptors (Lipinski definition) is 0. The molecule has 0 saturated carbocycles. The summed E-state index contributed by atoms with van der Waals surface area (Å²) in [5.41, 5.74) is 0. The predicted molar refractivity (Wildman–Crippen MR) is 66.8 cm³/mol. The van der Waals surface area contributed by atoms with E-state index in [-0.39, 0.29) is 7.92 Å². The molecule has 0 amide bonds. The molecule has 0 spiro atoms. The van der Waals surface area contributed by atoms with E-state index in [0.717, 1.165) is 0 Å². The van der Waals surface area contributed by atoms with Gasteiger partial charge in [0.1, 0.15) is 0 Å². The third-order valence-corrected chi connectivity index (χ3v) is 5.92. The molecule has 0 aromatic heterocycles. The Morgan fingerprint density at radius 3 is 2.25 bits per heavy atom. The third kappa shape index (κ3) is 2.43. The van der Waals surface area contributed by atoms with E-state index in [2.05, 4.69) is 60.7 Å². The molecule has 0 atom stereocenters. The molecule has 0 bridgehead atoms. The zero-order valence-corrected chi connectivity index (χ0v) is 10.6. The first kappa shape index (κ1) is 10.5. The van der Waals surface area contributed by atoms with Gasteiger partial charge in [0, 0.05) is 3.57 Å². The largest absolute Gasteiger partial charge is 0.0747 e. The van der Waals surface area contributed by atoms with Crippen LogP contribution in [0.4, 0.5) is 0 Å². The minimum absolute atomic E-state index is 0.120. The molecular formula is C10H14IP. The zero-order valence-electron chi connectivity index (χ0n) is 7.55.